The molecule has 1 aromatic carbocycles. The molecule has 2 aliphatic heterocycles. The number of piperazine rings is 1. The molecule has 3 aliphatic rings. The summed E-state index contributed by atoms with van der Waals surface area (Å²) in [5.74, 6) is -0.452. The van der Waals surface area contributed by atoms with E-state index in [1.54, 1.807) is 35.2 Å². The van der Waals surface area contributed by atoms with Crippen LogP contribution in [0.15, 0.2) is 71.2 Å². The van der Waals surface area contributed by atoms with Gasteiger partial charge in [-0.1, -0.05) is 70.0 Å². The molecule has 5 aromatic rings. The number of hydrogen-bond acceptors (Lipinski definition) is 14. The fraction of sp³-hybridized carbons (Fsp3) is 0.481. The lowest BCUT2D eigenvalue weighted by Crippen LogP contribution is -2.57. The molecule has 1 aliphatic carbocycles. The molecule has 386 valence electrons. The van der Waals surface area contributed by atoms with Crippen LogP contribution in [0.3, 0.4) is 0 Å². The Kier molecular flexibility index (Phi) is 16.5. The van der Waals surface area contributed by atoms with Crippen molar-refractivity contribution in [1.29, 1.82) is 0 Å². The summed E-state index contributed by atoms with van der Waals surface area (Å²) in [6.45, 7) is 13.4. The molecule has 19 heteroatoms. The molecule has 0 bridgehead atoms. The number of benzene rings is 1. The number of nitrogens with zero attached hydrogens (tertiary/aromatic N) is 8. The number of likely N-dealkylation sites (tertiary alicyclic amines) is 1. The van der Waals surface area contributed by atoms with Crippen LogP contribution in [0.25, 0.3) is 21.5 Å². The fourth-order valence-electron chi connectivity index (χ4n) is 10.1. The molecule has 4 aromatic heterocycles. The van der Waals surface area contributed by atoms with E-state index in [9.17, 15) is 33.9 Å². The van der Waals surface area contributed by atoms with Crippen molar-refractivity contribution < 1.29 is 29.1 Å². The second-order valence-corrected chi connectivity index (χ2v) is 21.3. The number of hydrogen-bond donors (Lipinski definition) is 4. The number of nitrogens with one attached hydrogen (secondary N) is 3. The fourth-order valence-corrected chi connectivity index (χ4v) is 10.9. The maximum atomic E-state index is 14.1. The van der Waals surface area contributed by atoms with E-state index in [2.05, 4.69) is 35.8 Å². The summed E-state index contributed by atoms with van der Waals surface area (Å²) >= 11 is 1.57. The van der Waals surface area contributed by atoms with Crippen LogP contribution in [0.2, 0.25) is 0 Å². The summed E-state index contributed by atoms with van der Waals surface area (Å²) in [5, 5.41) is 20.3. The Balaban J connectivity index is 0.760. The van der Waals surface area contributed by atoms with E-state index in [0.717, 1.165) is 53.1 Å². The SMILES string of the molecule is CC(=O)c1c(C)c2cnc(Nc3ccc(N4CCN(C(=O)CC/C=C/CCC(=O)NC(C(=O)N5C[C@H](O)C[C@H]5C(=O)NCc5ccc(-c6scnc6C)cc5)C(C)(C)C)CC4)cn3)nc2n(C2CCCC2)c1=O. The maximum Gasteiger partial charge on any atom is 0.263 e. The minimum Gasteiger partial charge on any atom is -0.391 e. The van der Waals surface area contributed by atoms with Crippen LogP contribution >= 0.6 is 11.3 Å². The number of aliphatic hydroxyl groups is 1. The van der Waals surface area contributed by atoms with Gasteiger partial charge in [0.25, 0.3) is 5.56 Å². The summed E-state index contributed by atoms with van der Waals surface area (Å²) in [6, 6.07) is 9.87. The van der Waals surface area contributed by atoms with Crippen LogP contribution in [0.5, 0.6) is 0 Å². The number of Topliss-reactive ketones (excluding diaryl/α,β-unsaturated/α-hetero) is 1. The van der Waals surface area contributed by atoms with Crippen molar-refractivity contribution in [2.24, 2.45) is 5.41 Å². The van der Waals surface area contributed by atoms with E-state index in [-0.39, 0.29) is 66.6 Å². The number of pyridine rings is 2. The van der Waals surface area contributed by atoms with Crippen molar-refractivity contribution in [3.63, 3.8) is 0 Å². The van der Waals surface area contributed by atoms with E-state index < -0.39 is 29.5 Å². The molecule has 2 saturated heterocycles. The Morgan fingerprint density at radius 2 is 1.62 bits per heavy atom. The van der Waals surface area contributed by atoms with E-state index in [1.807, 2.05) is 86.7 Å². The predicted molar refractivity (Wildman–Crippen MR) is 282 cm³/mol. The molecule has 0 radical (unpaired) electrons. The predicted octanol–water partition coefficient (Wildman–Crippen LogP) is 6.56. The van der Waals surface area contributed by atoms with Gasteiger partial charge in [0.15, 0.2) is 5.78 Å². The molecule has 4 amide bonds. The molecule has 0 spiro atoms. The molecule has 1 unspecified atom stereocenters. The zero-order valence-electron chi connectivity index (χ0n) is 42.6. The van der Waals surface area contributed by atoms with Crippen LogP contribution in [0.4, 0.5) is 17.5 Å². The number of allylic oxidation sites excluding steroid dienone is 2. The molecule has 73 heavy (non-hydrogen) atoms. The normalized spacial score (nSPS) is 17.9. The van der Waals surface area contributed by atoms with Gasteiger partial charge in [0.2, 0.25) is 29.6 Å². The van der Waals surface area contributed by atoms with Gasteiger partial charge >= 0.3 is 0 Å². The first kappa shape index (κ1) is 52.5. The first-order valence-corrected chi connectivity index (χ1v) is 26.2. The number of rotatable bonds is 17. The molecule has 4 N–H and O–H groups in total. The second kappa shape index (κ2) is 22.9. The third kappa shape index (κ3) is 12.3. The average molecular weight is 1010 g/mol. The lowest BCUT2D eigenvalue weighted by Gasteiger charge is -2.36. The zero-order valence-corrected chi connectivity index (χ0v) is 43.5. The molecule has 8 rings (SSSR count). The summed E-state index contributed by atoms with van der Waals surface area (Å²) in [7, 11) is 0. The number of anilines is 3. The van der Waals surface area contributed by atoms with E-state index >= 15 is 0 Å². The van der Waals surface area contributed by atoms with Crippen LogP contribution in [0, 0.1) is 19.3 Å². The molecule has 3 atom stereocenters. The largest absolute Gasteiger partial charge is 0.391 e. The number of aromatic nitrogens is 5. The number of thiazole rings is 1. The van der Waals surface area contributed by atoms with Gasteiger partial charge in [-0.05, 0) is 80.7 Å². The Hall–Kier alpha value is -6.86. The highest BCUT2D eigenvalue weighted by Crippen LogP contribution is 2.33. The third-order valence-corrected chi connectivity index (χ3v) is 15.2. The number of carbonyl (C=O) groups is 5. The third-order valence-electron chi connectivity index (χ3n) is 14.2. The Morgan fingerprint density at radius 3 is 2.26 bits per heavy atom. The number of aryl methyl sites for hydroxylation is 2. The van der Waals surface area contributed by atoms with Crippen molar-refractivity contribution in [1.82, 2.24) is 44.9 Å². The zero-order chi connectivity index (χ0) is 52.0. The van der Waals surface area contributed by atoms with Gasteiger partial charge in [0.1, 0.15) is 23.5 Å². The van der Waals surface area contributed by atoms with E-state index in [1.165, 1.54) is 11.8 Å². The lowest BCUT2D eigenvalue weighted by atomic mass is 9.85. The summed E-state index contributed by atoms with van der Waals surface area (Å²) < 4.78 is 1.69. The van der Waals surface area contributed by atoms with Crippen molar-refractivity contribution in [2.75, 3.05) is 42.9 Å². The van der Waals surface area contributed by atoms with Crippen molar-refractivity contribution in [3.05, 3.63) is 99.2 Å². The number of amides is 4. The topological polar surface area (TPSA) is 225 Å². The first-order chi connectivity index (χ1) is 35.0. The quantitative estimate of drug-likeness (QED) is 0.0573. The van der Waals surface area contributed by atoms with Gasteiger partial charge in [-0.3, -0.25) is 33.3 Å². The highest BCUT2D eigenvalue weighted by atomic mass is 32.1. The highest BCUT2D eigenvalue weighted by Gasteiger charge is 2.44. The van der Waals surface area contributed by atoms with Gasteiger partial charge in [-0.25, -0.2) is 15.0 Å². The molecular weight excluding hydrogens is 947 g/mol. The number of aliphatic hydroxyl groups excluding tert-OH is 1. The molecule has 1 saturated carbocycles. The molecule has 3 fully saturated rings. The van der Waals surface area contributed by atoms with Gasteiger partial charge in [0, 0.05) is 76.2 Å². The van der Waals surface area contributed by atoms with Crippen molar-refractivity contribution in [3.8, 4) is 10.4 Å². The second-order valence-electron chi connectivity index (χ2n) is 20.5. The summed E-state index contributed by atoms with van der Waals surface area (Å²) in [4.78, 5) is 105. The van der Waals surface area contributed by atoms with Crippen LogP contribution in [0.1, 0.15) is 119 Å². The molecular formula is C54H67N11O7S. The Morgan fingerprint density at radius 1 is 0.904 bits per heavy atom. The molecule has 6 heterocycles. The highest BCUT2D eigenvalue weighted by molar-refractivity contribution is 7.13. The minimum atomic E-state index is -0.922. The van der Waals surface area contributed by atoms with Crippen LogP contribution in [-0.2, 0) is 25.7 Å². The number of fused-ring (bicyclic) bond motifs is 1. The first-order valence-electron chi connectivity index (χ1n) is 25.4. The van der Waals surface area contributed by atoms with Crippen LogP contribution < -0.4 is 26.4 Å². The van der Waals surface area contributed by atoms with Gasteiger partial charge in [-0.2, -0.15) is 4.98 Å². The van der Waals surface area contributed by atoms with Crippen molar-refractivity contribution in [2.45, 2.75) is 130 Å². The van der Waals surface area contributed by atoms with Crippen LogP contribution in [-0.4, -0.2) is 120 Å². The monoisotopic (exact) mass is 1010 g/mol. The Bertz CT molecular complexity index is 2920. The number of carbonyl (C=O) groups excluding carboxylic acids is 5. The van der Waals surface area contributed by atoms with Crippen molar-refractivity contribution >= 4 is 69.2 Å². The maximum absolute atomic E-state index is 14.1. The average Bonchev–Trinajstić information content (AvgIpc) is 4.15. The smallest absolute Gasteiger partial charge is 0.263 e. The summed E-state index contributed by atoms with van der Waals surface area (Å²) in [6.07, 6.45) is 11.6. The van der Waals surface area contributed by atoms with Gasteiger partial charge < -0.3 is 35.8 Å². The lowest BCUT2D eigenvalue weighted by molar-refractivity contribution is -0.144. The van der Waals surface area contributed by atoms with E-state index in [0.29, 0.717) is 73.8 Å². The standard InChI is InChI=1S/C54H67N11O7S/c1-33-41-30-57-53(61-49(41)65(38-13-11-12-14-38)51(71)46(33)35(3)66)59-43-22-21-39(29-55-43)62-23-25-63(26-24-62)45(69)16-10-8-7-9-15-44(68)60-48(54(4,5)6)52(72)64-31-40(67)27-42(64)50(70)56-28-36-17-19-37(20-18-36)47-34(2)58-32-73-47/h7-8,17-22,29-30,32,38,40,42,48,67H,9-16,23-28,31H2,1-6H3,(H,56,70)(H,60,68)(H,55,57,59,61)/b8-7+/t40-,42+,48?/m1/s1. The summed E-state index contributed by atoms with van der Waals surface area (Å²) in [5.41, 5.74) is 5.95. The number of ketones is 1. The number of β-amino-alcohol motifs (C(OH)–C–C–N with tert-alkyl or cyclic N) is 1. The van der Waals surface area contributed by atoms with E-state index in [4.69, 9.17) is 4.98 Å². The minimum absolute atomic E-state index is 0.00607. The van der Waals surface area contributed by atoms with Gasteiger partial charge in [0.05, 0.1) is 39.6 Å². The molecule has 18 nitrogen and oxygen atoms in total. The van der Waals surface area contributed by atoms with Gasteiger partial charge in [-0.15, -0.1) is 11.3 Å². The Labute approximate surface area is 429 Å².